The quantitative estimate of drug-likeness (QED) is 0.492. The minimum atomic E-state index is -0.512. The number of hydrazone groups is 1. The van der Waals surface area contributed by atoms with Crippen LogP contribution in [0.4, 0.5) is 5.69 Å². The summed E-state index contributed by atoms with van der Waals surface area (Å²) in [4.78, 5) is 23.3. The Morgan fingerprint density at radius 1 is 0.913 bits per heavy atom. The van der Waals surface area contributed by atoms with Crippen molar-refractivity contribution in [2.75, 3.05) is 5.32 Å². The third-order valence-electron chi connectivity index (χ3n) is 2.72. The van der Waals surface area contributed by atoms with Gasteiger partial charge >= 0.3 is 0 Å². The molecule has 2 aromatic rings. The molecule has 0 saturated heterocycles. The van der Waals surface area contributed by atoms with Crippen LogP contribution in [0.5, 0.6) is 0 Å². The van der Waals surface area contributed by atoms with Gasteiger partial charge in [0, 0.05) is 15.7 Å². The van der Waals surface area contributed by atoms with Crippen molar-refractivity contribution in [1.29, 1.82) is 0 Å². The molecule has 0 fully saturated rings. The number of hydrogen-bond donors (Lipinski definition) is 2. The molecule has 2 amide bonds. The normalized spacial score (nSPS) is 10.5. The van der Waals surface area contributed by atoms with Crippen molar-refractivity contribution in [3.63, 3.8) is 0 Å². The molecule has 118 valence electrons. The Kier molecular flexibility index (Phi) is 6.14. The highest BCUT2D eigenvalue weighted by Crippen LogP contribution is 2.13. The van der Waals surface area contributed by atoms with E-state index in [0.717, 1.165) is 5.56 Å². The summed E-state index contributed by atoms with van der Waals surface area (Å²) in [6.45, 7) is 0. The average molecular weight is 350 g/mol. The summed E-state index contributed by atoms with van der Waals surface area (Å²) in [6.07, 6.45) is 1.13. The van der Waals surface area contributed by atoms with E-state index in [1.54, 1.807) is 48.5 Å². The van der Waals surface area contributed by atoms with Gasteiger partial charge in [-0.25, -0.2) is 5.43 Å². The Hall–Kier alpha value is -2.37. The van der Waals surface area contributed by atoms with E-state index >= 15 is 0 Å². The van der Waals surface area contributed by atoms with Crippen LogP contribution in [0.2, 0.25) is 10.0 Å². The Morgan fingerprint density at radius 2 is 1.48 bits per heavy atom. The molecule has 0 heterocycles. The van der Waals surface area contributed by atoms with Crippen LogP contribution in [-0.4, -0.2) is 18.0 Å². The summed E-state index contributed by atoms with van der Waals surface area (Å²) >= 11 is 11.5. The van der Waals surface area contributed by atoms with Crippen molar-refractivity contribution in [3.8, 4) is 0 Å². The maximum atomic E-state index is 11.7. The molecule has 0 saturated carbocycles. The van der Waals surface area contributed by atoms with Gasteiger partial charge < -0.3 is 5.32 Å². The molecule has 5 nitrogen and oxygen atoms in total. The van der Waals surface area contributed by atoms with E-state index in [9.17, 15) is 9.59 Å². The van der Waals surface area contributed by atoms with Gasteiger partial charge in [-0.2, -0.15) is 5.10 Å². The fraction of sp³-hybridized carbons (Fsp3) is 0.0625. The standard InChI is InChI=1S/C16H13Cl2N3O2/c17-12-3-1-11(2-4-12)10-19-21-16(23)9-15(22)20-14-7-5-13(18)6-8-14/h1-8,10H,9H2,(H,20,22)(H,21,23). The molecular formula is C16H13Cl2N3O2. The van der Waals surface area contributed by atoms with Gasteiger partial charge in [0.25, 0.3) is 0 Å². The molecule has 7 heteroatoms. The van der Waals surface area contributed by atoms with Crippen LogP contribution in [-0.2, 0) is 9.59 Å². The van der Waals surface area contributed by atoms with E-state index in [0.29, 0.717) is 15.7 Å². The van der Waals surface area contributed by atoms with E-state index in [1.165, 1.54) is 6.21 Å². The van der Waals surface area contributed by atoms with Crippen molar-refractivity contribution >= 4 is 46.9 Å². The van der Waals surface area contributed by atoms with Crippen LogP contribution >= 0.6 is 23.2 Å². The molecule has 2 rings (SSSR count). The van der Waals surface area contributed by atoms with Crippen LogP contribution in [0.15, 0.2) is 53.6 Å². The highest BCUT2D eigenvalue weighted by atomic mass is 35.5. The Labute approximate surface area is 143 Å². The molecule has 0 atom stereocenters. The van der Waals surface area contributed by atoms with Crippen LogP contribution in [0, 0.1) is 0 Å². The first-order valence-corrected chi connectivity index (χ1v) is 7.41. The second kappa shape index (κ2) is 8.31. The summed E-state index contributed by atoms with van der Waals surface area (Å²) in [5.74, 6) is -0.951. The Bertz CT molecular complexity index is 713. The van der Waals surface area contributed by atoms with E-state index < -0.39 is 11.8 Å². The molecule has 2 N–H and O–H groups in total. The van der Waals surface area contributed by atoms with Gasteiger partial charge in [0.1, 0.15) is 6.42 Å². The Morgan fingerprint density at radius 3 is 2.09 bits per heavy atom. The van der Waals surface area contributed by atoms with Crippen LogP contribution in [0.25, 0.3) is 0 Å². The first kappa shape index (κ1) is 17.0. The molecule has 0 spiro atoms. The minimum Gasteiger partial charge on any atom is -0.326 e. The van der Waals surface area contributed by atoms with Crippen molar-refractivity contribution in [1.82, 2.24) is 5.43 Å². The molecular weight excluding hydrogens is 337 g/mol. The predicted molar refractivity (Wildman–Crippen MR) is 91.9 cm³/mol. The van der Waals surface area contributed by atoms with Gasteiger partial charge in [0.2, 0.25) is 11.8 Å². The highest BCUT2D eigenvalue weighted by Gasteiger charge is 2.08. The van der Waals surface area contributed by atoms with E-state index in [4.69, 9.17) is 23.2 Å². The highest BCUT2D eigenvalue weighted by molar-refractivity contribution is 6.30. The second-order valence-electron chi connectivity index (χ2n) is 4.58. The average Bonchev–Trinajstić information content (AvgIpc) is 2.51. The number of carbonyl (C=O) groups is 2. The summed E-state index contributed by atoms with van der Waals surface area (Å²) < 4.78 is 0. The van der Waals surface area contributed by atoms with Gasteiger partial charge in [0.15, 0.2) is 0 Å². The van der Waals surface area contributed by atoms with Crippen LogP contribution in [0.1, 0.15) is 12.0 Å². The Balaban J connectivity index is 1.78. The number of carbonyl (C=O) groups excluding carboxylic acids is 2. The SMILES string of the molecule is O=C(CC(=O)Nc1ccc(Cl)cc1)NN=Cc1ccc(Cl)cc1. The molecule has 23 heavy (non-hydrogen) atoms. The van der Waals surface area contributed by atoms with Gasteiger partial charge in [-0.1, -0.05) is 35.3 Å². The lowest BCUT2D eigenvalue weighted by Gasteiger charge is -2.04. The number of halogens is 2. The van der Waals surface area contributed by atoms with Crippen molar-refractivity contribution in [3.05, 3.63) is 64.1 Å². The molecule has 0 aliphatic rings. The molecule has 0 aliphatic heterocycles. The fourth-order valence-corrected chi connectivity index (χ4v) is 1.90. The third kappa shape index (κ3) is 6.10. The summed E-state index contributed by atoms with van der Waals surface area (Å²) in [6, 6.07) is 13.5. The van der Waals surface area contributed by atoms with Gasteiger partial charge in [0.05, 0.1) is 6.21 Å². The molecule has 2 aromatic carbocycles. The summed E-state index contributed by atoms with van der Waals surface area (Å²) in [7, 11) is 0. The molecule has 0 unspecified atom stereocenters. The zero-order valence-corrected chi connectivity index (χ0v) is 13.4. The number of rotatable bonds is 5. The smallest absolute Gasteiger partial charge is 0.249 e. The van der Waals surface area contributed by atoms with Crippen molar-refractivity contribution < 1.29 is 9.59 Å². The molecule has 0 bridgehead atoms. The maximum absolute atomic E-state index is 11.7. The fourth-order valence-electron chi connectivity index (χ4n) is 1.65. The first-order valence-electron chi connectivity index (χ1n) is 6.66. The number of amides is 2. The molecule has 0 radical (unpaired) electrons. The number of nitrogens with one attached hydrogen (secondary N) is 2. The zero-order chi connectivity index (χ0) is 16.7. The van der Waals surface area contributed by atoms with Crippen molar-refractivity contribution in [2.24, 2.45) is 5.10 Å². The summed E-state index contributed by atoms with van der Waals surface area (Å²) in [5, 5.41) is 7.55. The lowest BCUT2D eigenvalue weighted by molar-refractivity contribution is -0.126. The minimum absolute atomic E-state index is 0.333. The van der Waals surface area contributed by atoms with E-state index in [2.05, 4.69) is 15.8 Å². The lowest BCUT2D eigenvalue weighted by Crippen LogP contribution is -2.24. The lowest BCUT2D eigenvalue weighted by atomic mass is 10.2. The second-order valence-corrected chi connectivity index (χ2v) is 5.45. The largest absolute Gasteiger partial charge is 0.326 e. The predicted octanol–water partition coefficient (Wildman–Crippen LogP) is 3.47. The maximum Gasteiger partial charge on any atom is 0.249 e. The van der Waals surface area contributed by atoms with Crippen LogP contribution in [0.3, 0.4) is 0 Å². The zero-order valence-electron chi connectivity index (χ0n) is 11.9. The van der Waals surface area contributed by atoms with Crippen LogP contribution < -0.4 is 10.7 Å². The van der Waals surface area contributed by atoms with Crippen molar-refractivity contribution in [2.45, 2.75) is 6.42 Å². The monoisotopic (exact) mass is 349 g/mol. The number of nitrogens with zero attached hydrogens (tertiary/aromatic N) is 1. The van der Waals surface area contributed by atoms with Gasteiger partial charge in [-0.05, 0) is 42.0 Å². The molecule has 0 aromatic heterocycles. The summed E-state index contributed by atoms with van der Waals surface area (Å²) in [5.41, 5.74) is 3.63. The van der Waals surface area contributed by atoms with E-state index in [1.807, 2.05) is 0 Å². The molecule has 0 aliphatic carbocycles. The van der Waals surface area contributed by atoms with Gasteiger partial charge in [-0.15, -0.1) is 0 Å². The number of benzene rings is 2. The first-order chi connectivity index (χ1) is 11.0. The third-order valence-corrected chi connectivity index (χ3v) is 3.23. The number of anilines is 1. The number of hydrogen-bond acceptors (Lipinski definition) is 3. The van der Waals surface area contributed by atoms with Gasteiger partial charge in [-0.3, -0.25) is 9.59 Å². The van der Waals surface area contributed by atoms with E-state index in [-0.39, 0.29) is 6.42 Å². The topological polar surface area (TPSA) is 70.6 Å².